The van der Waals surface area contributed by atoms with Crippen molar-refractivity contribution in [3.63, 3.8) is 0 Å². The van der Waals surface area contributed by atoms with Crippen LogP contribution in [0, 0.1) is 10.1 Å². The third-order valence-corrected chi connectivity index (χ3v) is 4.08. The topological polar surface area (TPSA) is 113 Å². The highest BCUT2D eigenvalue weighted by Gasteiger charge is 2.16. The van der Waals surface area contributed by atoms with Gasteiger partial charge in [-0.1, -0.05) is 0 Å². The molecule has 0 aliphatic heterocycles. The normalized spacial score (nSPS) is 11.2. The number of hydrogen-bond acceptors (Lipinski definition) is 6. The van der Waals surface area contributed by atoms with Crippen LogP contribution in [0.5, 0.6) is 5.75 Å². The summed E-state index contributed by atoms with van der Waals surface area (Å²) in [5.74, 6) is 0.296. The number of benzene rings is 1. The van der Waals surface area contributed by atoms with E-state index in [0.717, 1.165) is 11.8 Å². The van der Waals surface area contributed by atoms with Gasteiger partial charge in [-0.15, -0.1) is 11.8 Å². The number of hydrogen-bond donors (Lipinski definition) is 1. The minimum Gasteiger partial charge on any atom is -0.497 e. The van der Waals surface area contributed by atoms with Crippen molar-refractivity contribution in [2.45, 2.75) is 4.90 Å². The summed E-state index contributed by atoms with van der Waals surface area (Å²) in [6, 6.07) is 4.39. The first-order valence-corrected chi connectivity index (χ1v) is 7.49. The first kappa shape index (κ1) is 14.7. The van der Waals surface area contributed by atoms with Crippen LogP contribution in [-0.4, -0.2) is 32.0 Å². The van der Waals surface area contributed by atoms with Gasteiger partial charge in [-0.2, -0.15) is 0 Å². The Morgan fingerprint density at radius 1 is 1.50 bits per heavy atom. The summed E-state index contributed by atoms with van der Waals surface area (Å²) in [7, 11) is -2.15. The molecule has 0 bridgehead atoms. The third kappa shape index (κ3) is 4.51. The van der Waals surface area contributed by atoms with E-state index in [-0.39, 0.29) is 17.2 Å². The predicted octanol–water partition coefficient (Wildman–Crippen LogP) is 0.984. The summed E-state index contributed by atoms with van der Waals surface area (Å²) in [5, 5.41) is 15.7. The molecule has 0 fully saturated rings. The van der Waals surface area contributed by atoms with Gasteiger partial charge in [0, 0.05) is 5.75 Å². The van der Waals surface area contributed by atoms with Crippen LogP contribution in [0.25, 0.3) is 0 Å². The second-order valence-electron chi connectivity index (χ2n) is 3.31. The van der Waals surface area contributed by atoms with Crippen molar-refractivity contribution in [2.24, 2.45) is 5.14 Å². The maximum Gasteiger partial charge on any atom is 0.286 e. The molecule has 0 aliphatic carbocycles. The highest BCUT2D eigenvalue weighted by molar-refractivity contribution is 8.00. The van der Waals surface area contributed by atoms with Gasteiger partial charge in [0.1, 0.15) is 5.75 Å². The average Bonchev–Trinajstić information content (AvgIpc) is 2.27. The van der Waals surface area contributed by atoms with Crippen LogP contribution in [-0.2, 0) is 10.0 Å². The summed E-state index contributed by atoms with van der Waals surface area (Å²) in [4.78, 5) is 10.7. The van der Waals surface area contributed by atoms with E-state index < -0.39 is 14.9 Å². The Kier molecular flexibility index (Phi) is 4.93. The lowest BCUT2D eigenvalue weighted by Gasteiger charge is -2.04. The molecule has 0 radical (unpaired) electrons. The number of nitro benzene ring substituents is 1. The zero-order valence-electron chi connectivity index (χ0n) is 9.53. The van der Waals surface area contributed by atoms with Crippen LogP contribution in [0.15, 0.2) is 23.1 Å². The SMILES string of the molecule is COc1ccc(SCCS(N)(=O)=O)c([N+](=O)[O-])c1. The number of methoxy groups -OCH3 is 1. The van der Waals surface area contributed by atoms with E-state index in [1.165, 1.54) is 19.2 Å². The number of thioether (sulfide) groups is 1. The predicted molar refractivity (Wildman–Crippen MR) is 68.3 cm³/mol. The third-order valence-electron chi connectivity index (χ3n) is 1.99. The van der Waals surface area contributed by atoms with Gasteiger partial charge >= 0.3 is 0 Å². The molecule has 0 spiro atoms. The Balaban J connectivity index is 2.85. The standard InChI is InChI=1S/C9H12N2O5S2/c1-16-7-2-3-9(8(6-7)11(12)13)17-4-5-18(10,14)15/h2-3,6H,4-5H2,1H3,(H2,10,14,15). The maximum atomic E-state index is 10.8. The Morgan fingerprint density at radius 3 is 2.67 bits per heavy atom. The molecular formula is C9H12N2O5S2. The molecule has 1 rings (SSSR count). The summed E-state index contributed by atoms with van der Waals surface area (Å²) in [5.41, 5.74) is -0.117. The number of ether oxygens (including phenoxy) is 1. The summed E-state index contributed by atoms with van der Waals surface area (Å²) >= 11 is 1.07. The minimum absolute atomic E-state index is 0.117. The van der Waals surface area contributed by atoms with E-state index in [1.54, 1.807) is 6.07 Å². The molecular weight excluding hydrogens is 280 g/mol. The van der Waals surface area contributed by atoms with Gasteiger partial charge in [-0.3, -0.25) is 10.1 Å². The van der Waals surface area contributed by atoms with Crippen molar-refractivity contribution in [1.82, 2.24) is 0 Å². The highest BCUT2D eigenvalue weighted by Crippen LogP contribution is 2.32. The number of primary sulfonamides is 1. The molecule has 0 aliphatic rings. The Hall–Kier alpha value is -1.32. The highest BCUT2D eigenvalue weighted by atomic mass is 32.2. The molecule has 2 N–H and O–H groups in total. The molecule has 0 saturated carbocycles. The lowest BCUT2D eigenvalue weighted by Crippen LogP contribution is -2.17. The molecule has 0 saturated heterocycles. The molecule has 0 amide bonds. The van der Waals surface area contributed by atoms with E-state index in [0.29, 0.717) is 10.6 Å². The summed E-state index contributed by atoms with van der Waals surface area (Å²) < 4.78 is 26.4. The Morgan fingerprint density at radius 2 is 2.17 bits per heavy atom. The molecule has 1 aromatic carbocycles. The molecule has 9 heteroatoms. The lowest BCUT2D eigenvalue weighted by atomic mass is 10.3. The van der Waals surface area contributed by atoms with E-state index in [2.05, 4.69) is 0 Å². The van der Waals surface area contributed by atoms with Crippen LogP contribution in [0.2, 0.25) is 0 Å². The smallest absolute Gasteiger partial charge is 0.286 e. The Bertz CT molecular complexity index is 544. The van der Waals surface area contributed by atoms with Gasteiger partial charge in [0.05, 0.1) is 28.7 Å². The van der Waals surface area contributed by atoms with Crippen molar-refractivity contribution < 1.29 is 18.1 Å². The fourth-order valence-corrected chi connectivity index (χ4v) is 3.08. The van der Waals surface area contributed by atoms with Crippen LogP contribution < -0.4 is 9.88 Å². The minimum atomic E-state index is -3.56. The first-order chi connectivity index (χ1) is 8.33. The summed E-state index contributed by atoms with van der Waals surface area (Å²) in [6.45, 7) is 0. The van der Waals surface area contributed by atoms with Gasteiger partial charge in [-0.25, -0.2) is 13.6 Å². The largest absolute Gasteiger partial charge is 0.497 e. The van der Waals surface area contributed by atoms with Crippen LogP contribution in [0.1, 0.15) is 0 Å². The summed E-state index contributed by atoms with van der Waals surface area (Å²) in [6.07, 6.45) is 0. The molecule has 1 aromatic rings. The van der Waals surface area contributed by atoms with Crippen molar-refractivity contribution >= 4 is 27.5 Å². The lowest BCUT2D eigenvalue weighted by molar-refractivity contribution is -0.387. The number of nitrogens with two attached hydrogens (primary N) is 1. The van der Waals surface area contributed by atoms with Crippen molar-refractivity contribution in [2.75, 3.05) is 18.6 Å². The van der Waals surface area contributed by atoms with E-state index in [1.807, 2.05) is 0 Å². The van der Waals surface area contributed by atoms with E-state index in [4.69, 9.17) is 9.88 Å². The van der Waals surface area contributed by atoms with Gasteiger partial charge in [0.2, 0.25) is 10.0 Å². The molecule has 0 atom stereocenters. The molecule has 7 nitrogen and oxygen atoms in total. The van der Waals surface area contributed by atoms with Crippen molar-refractivity contribution in [1.29, 1.82) is 0 Å². The molecule has 0 heterocycles. The van der Waals surface area contributed by atoms with E-state index >= 15 is 0 Å². The van der Waals surface area contributed by atoms with Crippen molar-refractivity contribution in [3.8, 4) is 5.75 Å². The monoisotopic (exact) mass is 292 g/mol. The fourth-order valence-electron chi connectivity index (χ4n) is 1.16. The molecule has 0 unspecified atom stereocenters. The zero-order chi connectivity index (χ0) is 13.8. The van der Waals surface area contributed by atoms with E-state index in [9.17, 15) is 18.5 Å². The molecule has 0 aromatic heterocycles. The quantitative estimate of drug-likeness (QED) is 0.475. The van der Waals surface area contributed by atoms with Gasteiger partial charge in [-0.05, 0) is 12.1 Å². The van der Waals surface area contributed by atoms with Gasteiger partial charge in [0.25, 0.3) is 5.69 Å². The Labute approximate surface area is 109 Å². The second-order valence-corrected chi connectivity index (χ2v) is 6.18. The number of sulfonamides is 1. The van der Waals surface area contributed by atoms with Crippen LogP contribution >= 0.6 is 11.8 Å². The molecule has 18 heavy (non-hydrogen) atoms. The second kappa shape index (κ2) is 6.03. The van der Waals surface area contributed by atoms with Crippen LogP contribution in [0.3, 0.4) is 0 Å². The van der Waals surface area contributed by atoms with Gasteiger partial charge in [0.15, 0.2) is 0 Å². The maximum absolute atomic E-state index is 10.8. The number of nitrogens with zero attached hydrogens (tertiary/aromatic N) is 1. The first-order valence-electron chi connectivity index (χ1n) is 4.79. The van der Waals surface area contributed by atoms with Gasteiger partial charge < -0.3 is 4.74 Å². The fraction of sp³-hybridized carbons (Fsp3) is 0.333. The average molecular weight is 292 g/mol. The van der Waals surface area contributed by atoms with Crippen LogP contribution in [0.4, 0.5) is 5.69 Å². The van der Waals surface area contributed by atoms with Crippen molar-refractivity contribution in [3.05, 3.63) is 28.3 Å². The number of rotatable bonds is 6. The zero-order valence-corrected chi connectivity index (χ0v) is 11.2. The number of nitro groups is 1. The molecule has 100 valence electrons.